The third kappa shape index (κ3) is 19.8. The minimum absolute atomic E-state index is 0.0731. The Labute approximate surface area is 725 Å². The molecule has 12 heterocycles. The number of oxazole rings is 1. The zero-order chi connectivity index (χ0) is 85.5. The number of hydrogen-bond donors (Lipinski definition) is 4. The van der Waals surface area contributed by atoms with Crippen LogP contribution >= 0.6 is 11.3 Å². The van der Waals surface area contributed by atoms with Crippen LogP contribution in [-0.2, 0) is 44.9 Å². The lowest BCUT2D eigenvalue weighted by Crippen LogP contribution is -2.12. The summed E-state index contributed by atoms with van der Waals surface area (Å²) in [7, 11) is 0. The van der Waals surface area contributed by atoms with Gasteiger partial charge in [0, 0.05) is 110 Å². The standard InChI is InChI=1S/C26H21N3O.C22H19N3O2.C20H16N2O2.C18H15N3OS.C17H13N3O2/c30-26-22-8-4-5-9-24(22)28-25(29-26)17-15-21-14-16-23(27-21)20-12-10-19(11-13-20)18-6-2-1-3-7-18;26-22-17-3-1-2-4-19(17)24-21(25-22)10-7-16-6-8-18(23-16)14-5-9-20-15(13-14)11-12-27-20;23-20-16-8-4-5-9-18(16)22-19(24-20)13-11-15-10-12-17(21-15)14-6-2-1-3-7-14;22-18-14-3-1-2-4-16(14)20-17(21-18)8-6-13-5-7-15(19-13)12-9-10-23-11-12;21-17-11-5-1-2-6-12(11)18-15(20-17)9-10-16-19-13-7-3-4-8-14(13)22-16/h1-13,16H,14-15,17H2,(H,28,29,30);1-5,8-9,13H,6-7,10-12H2,(H,24,25,26);1-9,12H,10-11,13H2;1-4,7,9-11H,5-6,8H2,(H,20,21,22);1-8H,9-10H2,(H,18,20,21). The normalized spacial score (nSPS) is 13.7. The Morgan fingerprint density at radius 1 is 0.302 bits per heavy atom. The van der Waals surface area contributed by atoms with Crippen LogP contribution in [0.5, 0.6) is 5.75 Å². The van der Waals surface area contributed by atoms with Crippen LogP contribution in [0.4, 0.5) is 0 Å². The molecule has 22 nitrogen and oxygen atoms in total. The van der Waals surface area contributed by atoms with E-state index in [1.54, 1.807) is 41.7 Å². The van der Waals surface area contributed by atoms with E-state index in [1.165, 1.54) is 22.3 Å². The Kier molecular flexibility index (Phi) is 24.8. The molecule has 0 spiro atoms. The summed E-state index contributed by atoms with van der Waals surface area (Å²) in [5.41, 5.74) is 21.4. The molecule has 0 fully saturated rings. The lowest BCUT2D eigenvalue weighted by atomic mass is 10.0. The highest BCUT2D eigenvalue weighted by Gasteiger charge is 2.21. The van der Waals surface area contributed by atoms with Gasteiger partial charge in [-0.05, 0) is 156 Å². The van der Waals surface area contributed by atoms with Crippen molar-refractivity contribution in [3.63, 3.8) is 0 Å². The van der Waals surface area contributed by atoms with E-state index in [0.717, 1.165) is 166 Å². The first-order valence-electron chi connectivity index (χ1n) is 42.1. The van der Waals surface area contributed by atoms with Gasteiger partial charge in [0.2, 0.25) is 0 Å². The van der Waals surface area contributed by atoms with Crippen LogP contribution < -0.4 is 32.6 Å². The number of hydrogen-bond acceptors (Lipinski definition) is 19. The summed E-state index contributed by atoms with van der Waals surface area (Å²) >= 11 is 1.68. The number of aliphatic imine (C=N–C) groups is 4. The number of fused-ring (bicyclic) bond motifs is 7. The highest BCUT2D eigenvalue weighted by atomic mass is 32.1. The number of ether oxygens (including phenoxy) is 1. The molecule has 17 aromatic rings. The maximum atomic E-state index is 12.2. The number of thiophene rings is 1. The molecule has 0 saturated carbocycles. The van der Waals surface area contributed by atoms with Gasteiger partial charge in [-0.2, -0.15) is 11.3 Å². The van der Waals surface area contributed by atoms with Gasteiger partial charge in [-0.15, -0.1) is 0 Å². The zero-order valence-electron chi connectivity index (χ0n) is 68.7. The summed E-state index contributed by atoms with van der Waals surface area (Å²) in [6.45, 7) is 0.767. The monoisotopic (exact) mass is 1680 g/mol. The fraction of sp³-hybridized carbons (Fsp3) is 0.155. The molecule has 5 aliphatic rings. The van der Waals surface area contributed by atoms with Gasteiger partial charge in [-0.1, -0.05) is 182 Å². The molecule has 620 valence electrons. The van der Waals surface area contributed by atoms with Crippen LogP contribution in [0, 0.1) is 0 Å². The Hall–Kier alpha value is -15.5. The van der Waals surface area contributed by atoms with Gasteiger partial charge in [0.15, 0.2) is 17.4 Å². The van der Waals surface area contributed by atoms with Gasteiger partial charge in [-0.25, -0.2) is 34.7 Å². The van der Waals surface area contributed by atoms with Gasteiger partial charge >= 0.3 is 5.63 Å². The van der Waals surface area contributed by atoms with Crippen LogP contribution in [0.25, 0.3) is 99.5 Å². The van der Waals surface area contributed by atoms with Crippen LogP contribution in [0.15, 0.2) is 343 Å². The zero-order valence-corrected chi connectivity index (χ0v) is 69.5. The summed E-state index contributed by atoms with van der Waals surface area (Å²) in [5.74, 6) is 4.90. The lowest BCUT2D eigenvalue weighted by molar-refractivity contribution is 0.357. The third-order valence-corrected chi connectivity index (χ3v) is 22.8. The molecular formula is C103H84N14O8S. The second-order valence-corrected chi connectivity index (χ2v) is 31.5. The van der Waals surface area contributed by atoms with Crippen LogP contribution in [0.1, 0.15) is 114 Å². The summed E-state index contributed by atoms with van der Waals surface area (Å²) < 4.78 is 16.6. The molecule has 0 amide bonds. The first-order chi connectivity index (χ1) is 61.9. The molecule has 126 heavy (non-hydrogen) atoms. The first kappa shape index (κ1) is 81.5. The van der Waals surface area contributed by atoms with Crippen molar-refractivity contribution in [2.75, 3.05) is 6.61 Å². The molecule has 0 radical (unpaired) electrons. The van der Waals surface area contributed by atoms with Crippen molar-refractivity contribution in [3.05, 3.63) is 405 Å². The lowest BCUT2D eigenvalue weighted by Gasteiger charge is -2.05. The molecule has 23 heteroatoms. The second-order valence-electron chi connectivity index (χ2n) is 30.7. The van der Waals surface area contributed by atoms with Crippen molar-refractivity contribution in [1.29, 1.82) is 0 Å². The summed E-state index contributed by atoms with van der Waals surface area (Å²) in [6, 6.07) is 81.9. The molecule has 22 rings (SSSR count). The molecule has 0 aliphatic carbocycles. The number of para-hydroxylation sites is 7. The fourth-order valence-electron chi connectivity index (χ4n) is 15.6. The SMILES string of the molecule is O=c1[nH]c(CCC2=NC(c3ccc(-c4ccccc4)cc3)=CC2)nc2ccccc12.O=c1[nH]c(CCC2=NC(c3ccc4c(c3)CCO4)=CC2)nc2ccccc12.O=c1[nH]c(CCC2=NC(c3ccsc3)=CC2)nc2ccccc12.O=c1[nH]c(CCc2nc3ccccc3o2)nc2ccccc12.O=c1oc(CCC2=NC(c3ccccc3)=CC2)nc2ccccc12. The molecule has 0 saturated heterocycles. The molecule has 7 aromatic heterocycles. The van der Waals surface area contributed by atoms with Gasteiger partial charge < -0.3 is 33.5 Å². The Morgan fingerprint density at radius 3 is 1.12 bits per heavy atom. The molecule has 10 aromatic carbocycles. The Morgan fingerprint density at radius 2 is 0.651 bits per heavy atom. The summed E-state index contributed by atoms with van der Waals surface area (Å²) in [4.78, 5) is 118. The molecule has 4 N–H and O–H groups in total. The predicted octanol–water partition coefficient (Wildman–Crippen LogP) is 19.7. The van der Waals surface area contributed by atoms with E-state index in [-0.39, 0.29) is 27.9 Å². The Bertz CT molecular complexity index is 7490. The van der Waals surface area contributed by atoms with Crippen molar-refractivity contribution >= 4 is 123 Å². The van der Waals surface area contributed by atoms with E-state index in [4.69, 9.17) is 28.5 Å². The van der Waals surface area contributed by atoms with E-state index in [2.05, 4.69) is 169 Å². The third-order valence-electron chi connectivity index (χ3n) is 22.1. The molecule has 0 unspecified atom stereocenters. The number of aryl methyl sites for hydroxylation is 6. The fourth-order valence-corrected chi connectivity index (χ4v) is 16.2. The topological polar surface area (TPSA) is 311 Å². The highest BCUT2D eigenvalue weighted by molar-refractivity contribution is 7.08. The number of aromatic nitrogens is 10. The number of nitrogens with one attached hydrogen (secondary N) is 4. The number of rotatable bonds is 20. The minimum Gasteiger partial charge on any atom is -0.493 e. The van der Waals surface area contributed by atoms with Crippen molar-refractivity contribution in [1.82, 2.24) is 49.8 Å². The van der Waals surface area contributed by atoms with E-state index < -0.39 is 0 Å². The summed E-state index contributed by atoms with van der Waals surface area (Å²) in [5, 5.41) is 7.19. The second kappa shape index (κ2) is 38.3. The van der Waals surface area contributed by atoms with Gasteiger partial charge in [0.05, 0.1) is 83.9 Å². The molecule has 5 aliphatic heterocycles. The van der Waals surface area contributed by atoms with Crippen LogP contribution in [0.2, 0.25) is 0 Å². The smallest absolute Gasteiger partial charge is 0.346 e. The van der Waals surface area contributed by atoms with Crippen molar-refractivity contribution in [2.24, 2.45) is 20.0 Å². The van der Waals surface area contributed by atoms with Crippen molar-refractivity contribution in [3.8, 4) is 16.9 Å². The minimum atomic E-state index is -0.327. The quantitative estimate of drug-likeness (QED) is 0.0551. The summed E-state index contributed by atoms with van der Waals surface area (Å²) in [6.07, 6.45) is 19.9. The number of benzene rings is 10. The number of aromatic amines is 4. The maximum absolute atomic E-state index is 12.2. The maximum Gasteiger partial charge on any atom is 0.346 e. The van der Waals surface area contributed by atoms with Crippen molar-refractivity contribution in [2.45, 2.75) is 96.3 Å². The number of H-pyrrole nitrogens is 4. The van der Waals surface area contributed by atoms with E-state index in [9.17, 15) is 24.0 Å². The predicted molar refractivity (Wildman–Crippen MR) is 503 cm³/mol. The van der Waals surface area contributed by atoms with Gasteiger partial charge in [-0.3, -0.25) is 39.1 Å². The van der Waals surface area contributed by atoms with E-state index in [1.807, 2.05) is 146 Å². The molecular weight excluding hydrogens is 1590 g/mol. The average molecular weight is 1680 g/mol. The average Bonchev–Trinajstić information content (AvgIpc) is 1.51. The number of allylic oxidation sites excluding steroid dienone is 4. The molecule has 0 bridgehead atoms. The largest absolute Gasteiger partial charge is 0.493 e. The van der Waals surface area contributed by atoms with Gasteiger partial charge in [0.25, 0.3) is 22.2 Å². The molecule has 0 atom stereocenters. The number of nitrogens with zero attached hydrogens (tertiary/aromatic N) is 10. The first-order valence-corrected chi connectivity index (χ1v) is 43.1. The van der Waals surface area contributed by atoms with Crippen LogP contribution in [-0.4, -0.2) is 79.3 Å². The van der Waals surface area contributed by atoms with E-state index >= 15 is 0 Å². The van der Waals surface area contributed by atoms with Crippen LogP contribution in [0.3, 0.4) is 0 Å². The van der Waals surface area contributed by atoms with E-state index in [0.29, 0.717) is 106 Å². The highest BCUT2D eigenvalue weighted by Crippen LogP contribution is 2.33. The van der Waals surface area contributed by atoms with Gasteiger partial charge in [0.1, 0.15) is 34.6 Å². The Balaban J connectivity index is 0.000000107. The van der Waals surface area contributed by atoms with Crippen molar-refractivity contribution < 1.29 is 13.6 Å².